The van der Waals surface area contributed by atoms with Gasteiger partial charge < -0.3 is 10.2 Å². The lowest BCUT2D eigenvalue weighted by Crippen LogP contribution is -2.46. The molecule has 1 aromatic carbocycles. The van der Waals surface area contributed by atoms with Crippen LogP contribution in [0.4, 0.5) is 0 Å². The van der Waals surface area contributed by atoms with E-state index in [2.05, 4.69) is 21.2 Å². The number of likely N-dealkylation sites (tertiary alicyclic amines) is 1. The lowest BCUT2D eigenvalue weighted by Gasteiger charge is -2.32. The number of carbonyl (C=O) groups excluding carboxylic acids is 2. The first-order chi connectivity index (χ1) is 10.1. The molecule has 2 amide bonds. The van der Waals surface area contributed by atoms with E-state index in [-0.39, 0.29) is 17.9 Å². The zero-order valence-corrected chi connectivity index (χ0v) is 14.0. The number of hydrogen-bond acceptors (Lipinski definition) is 2. The summed E-state index contributed by atoms with van der Waals surface area (Å²) in [5, 5.41) is 2.96. The summed E-state index contributed by atoms with van der Waals surface area (Å²) in [5.74, 6) is 0.378. The number of piperidine rings is 1. The molecule has 1 N–H and O–H groups in total. The Morgan fingerprint density at radius 1 is 1.24 bits per heavy atom. The first kappa shape index (κ1) is 16.3. The van der Waals surface area contributed by atoms with Gasteiger partial charge in [0.15, 0.2) is 0 Å². The van der Waals surface area contributed by atoms with Crippen LogP contribution < -0.4 is 5.32 Å². The van der Waals surface area contributed by atoms with Gasteiger partial charge in [0.05, 0.1) is 0 Å². The maximum Gasteiger partial charge on any atom is 0.253 e. The molecular formula is C15H18BrClN2O2. The molecule has 0 unspecified atom stereocenters. The zero-order chi connectivity index (χ0) is 15.2. The van der Waals surface area contributed by atoms with Crippen molar-refractivity contribution in [2.75, 3.05) is 19.0 Å². The number of hydrogen-bond donors (Lipinski definition) is 1. The van der Waals surface area contributed by atoms with Crippen LogP contribution in [0, 0.1) is 0 Å². The Bertz CT molecular complexity index is 499. The number of alkyl halides is 1. The van der Waals surface area contributed by atoms with Gasteiger partial charge in [-0.05, 0) is 37.1 Å². The number of benzene rings is 1. The van der Waals surface area contributed by atoms with Gasteiger partial charge in [-0.25, -0.2) is 0 Å². The van der Waals surface area contributed by atoms with E-state index in [1.807, 2.05) is 29.2 Å². The SMILES string of the molecule is O=C(CCCl)NC1CCN(C(=O)c2ccc(Br)cc2)CC1. The number of carbonyl (C=O) groups is 2. The molecule has 0 aliphatic carbocycles. The van der Waals surface area contributed by atoms with Crippen molar-refractivity contribution >= 4 is 39.3 Å². The monoisotopic (exact) mass is 372 g/mol. The molecule has 1 heterocycles. The first-order valence-corrected chi connectivity index (χ1v) is 8.33. The van der Waals surface area contributed by atoms with E-state index in [9.17, 15) is 9.59 Å². The van der Waals surface area contributed by atoms with Crippen LogP contribution in [0.3, 0.4) is 0 Å². The van der Waals surface area contributed by atoms with Gasteiger partial charge in [0.25, 0.3) is 5.91 Å². The van der Waals surface area contributed by atoms with Crippen LogP contribution in [0.15, 0.2) is 28.7 Å². The van der Waals surface area contributed by atoms with Crippen LogP contribution in [-0.2, 0) is 4.79 Å². The second-order valence-corrected chi connectivity index (χ2v) is 6.37. The summed E-state index contributed by atoms with van der Waals surface area (Å²) in [5.41, 5.74) is 0.697. The summed E-state index contributed by atoms with van der Waals surface area (Å²) >= 11 is 8.90. The average molecular weight is 374 g/mol. The third-order valence-corrected chi connectivity index (χ3v) is 4.28. The molecule has 0 radical (unpaired) electrons. The number of rotatable bonds is 4. The fourth-order valence-electron chi connectivity index (χ4n) is 2.39. The van der Waals surface area contributed by atoms with Gasteiger partial charge in [-0.2, -0.15) is 0 Å². The molecule has 0 aromatic heterocycles. The standard InChI is InChI=1S/C15H18BrClN2O2/c16-12-3-1-11(2-4-12)15(21)19-9-6-13(7-10-19)18-14(20)5-8-17/h1-4,13H,5-10H2,(H,18,20). The Labute approximate surface area is 138 Å². The van der Waals surface area contributed by atoms with Gasteiger partial charge in [-0.3, -0.25) is 9.59 Å². The first-order valence-electron chi connectivity index (χ1n) is 7.00. The second-order valence-electron chi connectivity index (χ2n) is 5.08. The Balaban J connectivity index is 1.84. The van der Waals surface area contributed by atoms with Crippen molar-refractivity contribution in [1.29, 1.82) is 0 Å². The normalized spacial score (nSPS) is 15.8. The Morgan fingerprint density at radius 3 is 2.43 bits per heavy atom. The molecule has 0 atom stereocenters. The molecule has 21 heavy (non-hydrogen) atoms. The summed E-state index contributed by atoms with van der Waals surface area (Å²) in [6.07, 6.45) is 1.92. The van der Waals surface area contributed by atoms with Crippen molar-refractivity contribution < 1.29 is 9.59 Å². The van der Waals surface area contributed by atoms with Crippen LogP contribution in [0.25, 0.3) is 0 Å². The van der Waals surface area contributed by atoms with Crippen LogP contribution in [0.5, 0.6) is 0 Å². The minimum absolute atomic E-state index is 0.0114. The Kier molecular flexibility index (Phi) is 6.06. The molecule has 1 saturated heterocycles. The number of nitrogens with one attached hydrogen (secondary N) is 1. The Morgan fingerprint density at radius 2 is 1.86 bits per heavy atom. The predicted molar refractivity (Wildman–Crippen MR) is 86.5 cm³/mol. The van der Waals surface area contributed by atoms with Crippen LogP contribution in [0.2, 0.25) is 0 Å². The van der Waals surface area contributed by atoms with Crippen molar-refractivity contribution in [3.05, 3.63) is 34.3 Å². The fourth-order valence-corrected chi connectivity index (χ4v) is 2.82. The summed E-state index contributed by atoms with van der Waals surface area (Å²) in [6.45, 7) is 1.33. The molecule has 4 nitrogen and oxygen atoms in total. The fraction of sp³-hybridized carbons (Fsp3) is 0.467. The second kappa shape index (κ2) is 7.80. The molecular weight excluding hydrogens is 356 g/mol. The van der Waals surface area contributed by atoms with E-state index in [4.69, 9.17) is 11.6 Å². The van der Waals surface area contributed by atoms with Crippen molar-refractivity contribution in [2.45, 2.75) is 25.3 Å². The van der Waals surface area contributed by atoms with Crippen LogP contribution >= 0.6 is 27.5 Å². The smallest absolute Gasteiger partial charge is 0.253 e. The van der Waals surface area contributed by atoms with E-state index >= 15 is 0 Å². The topological polar surface area (TPSA) is 49.4 Å². The highest BCUT2D eigenvalue weighted by Gasteiger charge is 2.24. The van der Waals surface area contributed by atoms with E-state index in [0.29, 0.717) is 31.0 Å². The highest BCUT2D eigenvalue weighted by molar-refractivity contribution is 9.10. The molecule has 0 bridgehead atoms. The maximum absolute atomic E-state index is 12.3. The number of halogens is 2. The molecule has 1 aliphatic heterocycles. The van der Waals surface area contributed by atoms with Gasteiger partial charge in [0.1, 0.15) is 0 Å². The van der Waals surface area contributed by atoms with Crippen molar-refractivity contribution in [3.63, 3.8) is 0 Å². The van der Waals surface area contributed by atoms with Crippen LogP contribution in [0.1, 0.15) is 29.6 Å². The van der Waals surface area contributed by atoms with Gasteiger partial charge in [0, 0.05) is 41.5 Å². The van der Waals surface area contributed by atoms with E-state index in [0.717, 1.165) is 17.3 Å². The van der Waals surface area contributed by atoms with Gasteiger partial charge in [0.2, 0.25) is 5.91 Å². The minimum atomic E-state index is -0.0114. The quantitative estimate of drug-likeness (QED) is 0.825. The molecule has 6 heteroatoms. The van der Waals surface area contributed by atoms with E-state index < -0.39 is 0 Å². The maximum atomic E-state index is 12.3. The van der Waals surface area contributed by atoms with E-state index in [1.165, 1.54) is 0 Å². The summed E-state index contributed by atoms with van der Waals surface area (Å²) < 4.78 is 0.958. The summed E-state index contributed by atoms with van der Waals surface area (Å²) in [7, 11) is 0. The third-order valence-electron chi connectivity index (χ3n) is 3.56. The lowest BCUT2D eigenvalue weighted by molar-refractivity contribution is -0.121. The largest absolute Gasteiger partial charge is 0.353 e. The highest BCUT2D eigenvalue weighted by atomic mass is 79.9. The van der Waals surface area contributed by atoms with Crippen LogP contribution in [-0.4, -0.2) is 41.7 Å². The molecule has 2 rings (SSSR count). The molecule has 0 saturated carbocycles. The zero-order valence-electron chi connectivity index (χ0n) is 11.6. The van der Waals surface area contributed by atoms with Gasteiger partial charge >= 0.3 is 0 Å². The van der Waals surface area contributed by atoms with E-state index in [1.54, 1.807) is 0 Å². The van der Waals surface area contributed by atoms with Crippen molar-refractivity contribution in [3.8, 4) is 0 Å². The van der Waals surface area contributed by atoms with Gasteiger partial charge in [-0.1, -0.05) is 15.9 Å². The molecule has 114 valence electrons. The Hall–Kier alpha value is -1.07. The predicted octanol–water partition coefficient (Wildman–Crippen LogP) is 2.80. The average Bonchev–Trinajstić information content (AvgIpc) is 2.48. The molecule has 0 spiro atoms. The lowest BCUT2D eigenvalue weighted by atomic mass is 10.0. The number of nitrogens with zero attached hydrogens (tertiary/aromatic N) is 1. The summed E-state index contributed by atoms with van der Waals surface area (Å²) in [4.78, 5) is 25.7. The van der Waals surface area contributed by atoms with Crippen molar-refractivity contribution in [2.24, 2.45) is 0 Å². The third kappa shape index (κ3) is 4.71. The molecule has 1 aliphatic rings. The highest BCUT2D eigenvalue weighted by Crippen LogP contribution is 2.16. The van der Waals surface area contributed by atoms with Crippen molar-refractivity contribution in [1.82, 2.24) is 10.2 Å². The summed E-state index contributed by atoms with van der Waals surface area (Å²) in [6, 6.07) is 7.52. The van der Waals surface area contributed by atoms with Gasteiger partial charge in [-0.15, -0.1) is 11.6 Å². The molecule has 1 fully saturated rings. The molecule has 1 aromatic rings. The number of amides is 2. The minimum Gasteiger partial charge on any atom is -0.353 e.